The molecule has 1 aromatic carbocycles. The minimum atomic E-state index is -0.590. The number of nitrogens with two attached hydrogens (primary N) is 1. The molecule has 1 aromatic heterocycles. The Morgan fingerprint density at radius 3 is 2.76 bits per heavy atom. The second kappa shape index (κ2) is 4.63. The lowest BCUT2D eigenvalue weighted by Gasteiger charge is -2.05. The molecule has 0 aliphatic carbocycles. The average Bonchev–Trinajstić information content (AvgIpc) is 2.62. The average molecular weight is 237 g/mol. The molecule has 0 fully saturated rings. The maximum atomic E-state index is 13.7. The lowest BCUT2D eigenvalue weighted by Crippen LogP contribution is -2.04. The van der Waals surface area contributed by atoms with Crippen LogP contribution in [0.25, 0.3) is 11.1 Å². The first-order valence-electron chi connectivity index (χ1n) is 5.33. The SMILES string of the molecule is Cc1[nH]nc(CCN)c1-c1ccc(F)cc1F. The highest BCUT2D eigenvalue weighted by Crippen LogP contribution is 2.28. The third-order valence-electron chi connectivity index (χ3n) is 2.60. The van der Waals surface area contributed by atoms with Crippen LogP contribution < -0.4 is 5.73 Å². The lowest BCUT2D eigenvalue weighted by molar-refractivity contribution is 0.585. The van der Waals surface area contributed by atoms with Crippen LogP contribution in [-0.4, -0.2) is 16.7 Å². The molecule has 2 aromatic rings. The largest absolute Gasteiger partial charge is 0.330 e. The van der Waals surface area contributed by atoms with Crippen molar-refractivity contribution >= 4 is 0 Å². The molecule has 3 N–H and O–H groups in total. The second-order valence-corrected chi connectivity index (χ2v) is 3.83. The van der Waals surface area contributed by atoms with Crippen molar-refractivity contribution in [3.63, 3.8) is 0 Å². The van der Waals surface area contributed by atoms with Gasteiger partial charge in [-0.3, -0.25) is 5.10 Å². The van der Waals surface area contributed by atoms with E-state index in [1.807, 2.05) is 0 Å². The van der Waals surface area contributed by atoms with Crippen LogP contribution in [-0.2, 0) is 6.42 Å². The standard InChI is InChI=1S/C12H13F2N3/c1-7-12(11(4-5-15)17-16-7)9-3-2-8(13)6-10(9)14/h2-3,6H,4-5,15H2,1H3,(H,16,17). The number of aromatic amines is 1. The van der Waals surface area contributed by atoms with E-state index in [1.165, 1.54) is 12.1 Å². The van der Waals surface area contributed by atoms with Crippen LogP contribution in [0.4, 0.5) is 8.78 Å². The van der Waals surface area contributed by atoms with Crippen LogP contribution in [0.15, 0.2) is 18.2 Å². The number of benzene rings is 1. The normalized spacial score (nSPS) is 10.8. The van der Waals surface area contributed by atoms with Crippen molar-refractivity contribution in [3.8, 4) is 11.1 Å². The van der Waals surface area contributed by atoms with Crippen molar-refractivity contribution in [3.05, 3.63) is 41.2 Å². The number of rotatable bonds is 3. The van der Waals surface area contributed by atoms with Gasteiger partial charge in [-0.25, -0.2) is 8.78 Å². The van der Waals surface area contributed by atoms with Crippen LogP contribution in [0.1, 0.15) is 11.4 Å². The first-order chi connectivity index (χ1) is 8.13. The van der Waals surface area contributed by atoms with E-state index in [-0.39, 0.29) is 0 Å². The zero-order chi connectivity index (χ0) is 12.4. The molecule has 0 bridgehead atoms. The highest BCUT2D eigenvalue weighted by molar-refractivity contribution is 5.69. The van der Waals surface area contributed by atoms with Crippen LogP contribution in [0.5, 0.6) is 0 Å². The van der Waals surface area contributed by atoms with E-state index < -0.39 is 11.6 Å². The van der Waals surface area contributed by atoms with Gasteiger partial charge in [0.1, 0.15) is 11.6 Å². The van der Waals surface area contributed by atoms with Crippen molar-refractivity contribution in [2.24, 2.45) is 5.73 Å². The number of hydrogen-bond donors (Lipinski definition) is 2. The molecule has 90 valence electrons. The Hall–Kier alpha value is -1.75. The fourth-order valence-corrected chi connectivity index (χ4v) is 1.85. The van der Waals surface area contributed by atoms with Gasteiger partial charge in [-0.1, -0.05) is 0 Å². The first kappa shape index (κ1) is 11.7. The molecule has 0 saturated heterocycles. The van der Waals surface area contributed by atoms with Gasteiger partial charge in [-0.15, -0.1) is 0 Å². The van der Waals surface area contributed by atoms with Crippen LogP contribution in [0, 0.1) is 18.6 Å². The van der Waals surface area contributed by atoms with Crippen LogP contribution in [0.2, 0.25) is 0 Å². The molecular formula is C12H13F2N3. The first-order valence-corrected chi connectivity index (χ1v) is 5.33. The summed E-state index contributed by atoms with van der Waals surface area (Å²) in [4.78, 5) is 0. The third-order valence-corrected chi connectivity index (χ3v) is 2.60. The van der Waals surface area contributed by atoms with Gasteiger partial charge in [0.15, 0.2) is 0 Å². The minimum Gasteiger partial charge on any atom is -0.330 e. The van der Waals surface area contributed by atoms with Gasteiger partial charge in [0.25, 0.3) is 0 Å². The number of halogens is 2. The molecule has 0 spiro atoms. The van der Waals surface area contributed by atoms with Crippen LogP contribution >= 0.6 is 0 Å². The number of H-pyrrole nitrogens is 1. The maximum Gasteiger partial charge on any atom is 0.134 e. The quantitative estimate of drug-likeness (QED) is 0.859. The van der Waals surface area contributed by atoms with Gasteiger partial charge < -0.3 is 5.73 Å². The zero-order valence-corrected chi connectivity index (χ0v) is 9.43. The summed E-state index contributed by atoms with van der Waals surface area (Å²) in [6.45, 7) is 2.23. The Morgan fingerprint density at radius 2 is 2.12 bits per heavy atom. The van der Waals surface area contributed by atoms with Crippen LogP contribution in [0.3, 0.4) is 0 Å². The summed E-state index contributed by atoms with van der Waals surface area (Å²) in [5.41, 5.74) is 7.95. The molecule has 0 saturated carbocycles. The van der Waals surface area contributed by atoms with Crippen molar-refractivity contribution in [2.45, 2.75) is 13.3 Å². The molecule has 0 amide bonds. The van der Waals surface area contributed by atoms with Crippen molar-refractivity contribution in [1.29, 1.82) is 0 Å². The minimum absolute atomic E-state index is 0.348. The molecule has 0 unspecified atom stereocenters. The van der Waals surface area contributed by atoms with Gasteiger partial charge in [0, 0.05) is 29.3 Å². The summed E-state index contributed by atoms with van der Waals surface area (Å²) in [5, 5.41) is 6.88. The number of nitrogens with zero attached hydrogens (tertiary/aromatic N) is 1. The number of hydrogen-bond acceptors (Lipinski definition) is 2. The summed E-state index contributed by atoms with van der Waals surface area (Å²) in [7, 11) is 0. The van der Waals surface area contributed by atoms with Crippen molar-refractivity contribution in [1.82, 2.24) is 10.2 Å². The van der Waals surface area contributed by atoms with Gasteiger partial charge in [-0.2, -0.15) is 5.10 Å². The van der Waals surface area contributed by atoms with Gasteiger partial charge in [-0.05, 0) is 25.6 Å². The molecule has 0 aliphatic heterocycles. The number of nitrogens with one attached hydrogen (secondary N) is 1. The fourth-order valence-electron chi connectivity index (χ4n) is 1.85. The van der Waals surface area contributed by atoms with Gasteiger partial charge in [0.05, 0.1) is 5.69 Å². The lowest BCUT2D eigenvalue weighted by atomic mass is 10.0. The second-order valence-electron chi connectivity index (χ2n) is 3.83. The molecule has 0 aliphatic rings. The molecule has 5 heteroatoms. The van der Waals surface area contributed by atoms with E-state index in [2.05, 4.69) is 10.2 Å². The predicted molar refractivity (Wildman–Crippen MR) is 61.4 cm³/mol. The molecule has 3 nitrogen and oxygen atoms in total. The molecule has 0 atom stereocenters. The summed E-state index contributed by atoms with van der Waals surface area (Å²) >= 11 is 0. The molecule has 0 radical (unpaired) electrons. The highest BCUT2D eigenvalue weighted by atomic mass is 19.1. The monoisotopic (exact) mass is 237 g/mol. The Bertz CT molecular complexity index is 535. The molecule has 1 heterocycles. The summed E-state index contributed by atoms with van der Waals surface area (Å²) in [6.07, 6.45) is 0.552. The smallest absolute Gasteiger partial charge is 0.134 e. The zero-order valence-electron chi connectivity index (χ0n) is 9.43. The Kier molecular flexibility index (Phi) is 3.19. The molecule has 17 heavy (non-hydrogen) atoms. The highest BCUT2D eigenvalue weighted by Gasteiger charge is 2.15. The number of aromatic nitrogens is 2. The van der Waals surface area contributed by atoms with E-state index >= 15 is 0 Å². The summed E-state index contributed by atoms with van der Waals surface area (Å²) in [6, 6.07) is 3.52. The van der Waals surface area contributed by atoms with Crippen molar-refractivity contribution < 1.29 is 8.78 Å². The third kappa shape index (κ3) is 2.19. The van der Waals surface area contributed by atoms with E-state index in [0.29, 0.717) is 29.8 Å². The van der Waals surface area contributed by atoms with E-state index in [1.54, 1.807) is 6.92 Å². The summed E-state index contributed by atoms with van der Waals surface area (Å²) in [5.74, 6) is -1.18. The van der Waals surface area contributed by atoms with E-state index in [4.69, 9.17) is 5.73 Å². The predicted octanol–water partition coefficient (Wildman–Crippen LogP) is 2.16. The molecular weight excluding hydrogens is 224 g/mol. The van der Waals surface area contributed by atoms with Crippen molar-refractivity contribution in [2.75, 3.05) is 6.54 Å². The Morgan fingerprint density at radius 1 is 1.35 bits per heavy atom. The van der Waals surface area contributed by atoms with Gasteiger partial charge >= 0.3 is 0 Å². The fraction of sp³-hybridized carbons (Fsp3) is 0.250. The Labute approximate surface area is 97.7 Å². The maximum absolute atomic E-state index is 13.7. The molecule has 2 rings (SSSR count). The van der Waals surface area contributed by atoms with E-state index in [0.717, 1.165) is 11.8 Å². The van der Waals surface area contributed by atoms with Gasteiger partial charge in [0.2, 0.25) is 0 Å². The van der Waals surface area contributed by atoms with E-state index in [9.17, 15) is 8.78 Å². The summed E-state index contributed by atoms with van der Waals surface area (Å²) < 4.78 is 26.6. The topological polar surface area (TPSA) is 54.7 Å². The Balaban J connectivity index is 2.55. The number of aryl methyl sites for hydroxylation is 1.